The van der Waals surface area contributed by atoms with Gasteiger partial charge < -0.3 is 5.32 Å². The predicted octanol–water partition coefficient (Wildman–Crippen LogP) is 5.18. The zero-order valence-corrected chi connectivity index (χ0v) is 14.3. The number of nitrogens with zero attached hydrogens (tertiary/aromatic N) is 1. The van der Waals surface area contributed by atoms with Gasteiger partial charge >= 0.3 is 0 Å². The van der Waals surface area contributed by atoms with Crippen LogP contribution in [-0.4, -0.2) is 0 Å². The maximum absolute atomic E-state index is 3.46. The van der Waals surface area contributed by atoms with Crippen LogP contribution in [0.5, 0.6) is 0 Å². The molecule has 1 aliphatic heterocycles. The maximum Gasteiger partial charge on any atom is 0.212 e. The van der Waals surface area contributed by atoms with Crippen LogP contribution in [0.15, 0.2) is 84.6 Å². The van der Waals surface area contributed by atoms with Crippen LogP contribution >= 0.6 is 0 Å². The lowest BCUT2D eigenvalue weighted by atomic mass is 10.1. The van der Waals surface area contributed by atoms with E-state index >= 15 is 0 Å². The molecule has 0 aliphatic carbocycles. The third-order valence-electron chi connectivity index (χ3n) is 4.51. The average Bonchev–Trinajstić information content (AvgIpc) is 2.67. The number of fused-ring (bicyclic) bond motifs is 2. The molecule has 2 aromatic carbocycles. The molecule has 1 aliphatic rings. The van der Waals surface area contributed by atoms with E-state index in [9.17, 15) is 0 Å². The van der Waals surface area contributed by atoms with Crippen LogP contribution in [0.25, 0.3) is 23.1 Å². The number of rotatable bonds is 3. The molecule has 0 bridgehead atoms. The fraction of sp³-hybridized carbons (Fsp3) is 0.0870. The molecule has 0 radical (unpaired) electrons. The number of pyridine rings is 1. The minimum absolute atomic E-state index is 0.948. The minimum atomic E-state index is 0.948. The molecule has 25 heavy (non-hydrogen) atoms. The van der Waals surface area contributed by atoms with Gasteiger partial charge in [-0.05, 0) is 42.8 Å². The Labute approximate surface area is 148 Å². The first kappa shape index (κ1) is 15.4. The number of benzene rings is 2. The van der Waals surface area contributed by atoms with Gasteiger partial charge in [0.15, 0.2) is 0 Å². The second kappa shape index (κ2) is 6.78. The van der Waals surface area contributed by atoms with E-state index in [1.54, 1.807) is 0 Å². The van der Waals surface area contributed by atoms with E-state index in [2.05, 4.69) is 108 Å². The summed E-state index contributed by atoms with van der Waals surface area (Å²) in [7, 11) is 0. The molecule has 2 heterocycles. The average molecular weight is 325 g/mol. The van der Waals surface area contributed by atoms with E-state index in [0.717, 1.165) is 17.9 Å². The monoisotopic (exact) mass is 325 g/mol. The Bertz CT molecular complexity index is 1010. The van der Waals surface area contributed by atoms with Crippen LogP contribution in [0.4, 0.5) is 5.69 Å². The fourth-order valence-corrected chi connectivity index (χ4v) is 3.26. The molecule has 122 valence electrons. The molecule has 1 N–H and O–H groups in total. The van der Waals surface area contributed by atoms with Crippen molar-refractivity contribution in [3.8, 4) is 0 Å². The summed E-state index contributed by atoms with van der Waals surface area (Å²) >= 11 is 0. The molecule has 0 unspecified atom stereocenters. The van der Waals surface area contributed by atoms with Crippen molar-refractivity contribution in [2.75, 3.05) is 5.32 Å². The summed E-state index contributed by atoms with van der Waals surface area (Å²) in [5, 5.41) is 4.73. The van der Waals surface area contributed by atoms with Gasteiger partial charge in [0.25, 0.3) is 0 Å². The summed E-state index contributed by atoms with van der Waals surface area (Å²) in [5.41, 5.74) is 5.95. The van der Waals surface area contributed by atoms with Crippen molar-refractivity contribution in [1.82, 2.24) is 0 Å². The molecule has 1 aromatic heterocycles. The lowest BCUT2D eigenvalue weighted by molar-refractivity contribution is -0.669. The van der Waals surface area contributed by atoms with Gasteiger partial charge in [0.1, 0.15) is 6.54 Å². The first-order valence-corrected chi connectivity index (χ1v) is 8.69. The molecule has 0 saturated carbocycles. The number of aromatic nitrogens is 1. The quantitative estimate of drug-likeness (QED) is 0.656. The summed E-state index contributed by atoms with van der Waals surface area (Å²) in [4.78, 5) is 0. The van der Waals surface area contributed by atoms with E-state index < -0.39 is 0 Å². The highest BCUT2D eigenvalue weighted by molar-refractivity contribution is 5.76. The van der Waals surface area contributed by atoms with Crippen LogP contribution in [0, 0.1) is 0 Å². The Kier molecular flexibility index (Phi) is 4.17. The molecule has 0 amide bonds. The first-order valence-electron chi connectivity index (χ1n) is 8.69. The summed E-state index contributed by atoms with van der Waals surface area (Å²) in [6.07, 6.45) is 10.6. The van der Waals surface area contributed by atoms with Crippen LogP contribution < -0.4 is 9.88 Å². The zero-order chi connectivity index (χ0) is 17.1. The van der Waals surface area contributed by atoms with Gasteiger partial charge in [-0.25, -0.2) is 0 Å². The topological polar surface area (TPSA) is 15.9 Å². The van der Waals surface area contributed by atoms with Crippen molar-refractivity contribution in [3.63, 3.8) is 0 Å². The standard InChI is InChI=1S/C23H20N2/c1-2-25-21(17-15-19-9-4-6-13-23(19)25)11-7-10-20-16-14-18-8-3-5-12-22(18)24-20/h3-17H,2H2,1H3/p+1. The normalized spacial score (nSPS) is 14.8. The van der Waals surface area contributed by atoms with E-state index in [1.165, 1.54) is 22.2 Å². The number of hydrogen-bond donors (Lipinski definition) is 1. The third kappa shape index (κ3) is 3.11. The van der Waals surface area contributed by atoms with E-state index in [-0.39, 0.29) is 0 Å². The van der Waals surface area contributed by atoms with E-state index in [4.69, 9.17) is 0 Å². The Hall–Kier alpha value is -3.13. The predicted molar refractivity (Wildman–Crippen MR) is 106 cm³/mol. The number of allylic oxidation sites excluding steroid dienone is 3. The van der Waals surface area contributed by atoms with Gasteiger partial charge in [-0.2, -0.15) is 4.57 Å². The largest absolute Gasteiger partial charge is 0.355 e. The molecule has 0 spiro atoms. The second-order valence-corrected chi connectivity index (χ2v) is 6.09. The summed E-state index contributed by atoms with van der Waals surface area (Å²) in [6, 6.07) is 21.2. The molecule has 0 atom stereocenters. The molecular formula is C23H21N2+. The van der Waals surface area contributed by atoms with Crippen LogP contribution in [-0.2, 0) is 6.54 Å². The van der Waals surface area contributed by atoms with Crippen LogP contribution in [0.1, 0.15) is 18.2 Å². The van der Waals surface area contributed by atoms with Gasteiger partial charge in [-0.1, -0.05) is 42.5 Å². The number of nitrogens with one attached hydrogen (secondary N) is 1. The lowest BCUT2D eigenvalue weighted by Gasteiger charge is -2.14. The smallest absolute Gasteiger partial charge is 0.212 e. The second-order valence-electron chi connectivity index (χ2n) is 6.09. The van der Waals surface area contributed by atoms with Gasteiger partial charge in [-0.15, -0.1) is 0 Å². The highest BCUT2D eigenvalue weighted by Gasteiger charge is 2.11. The number of hydrogen-bond acceptors (Lipinski definition) is 1. The Morgan fingerprint density at radius 3 is 2.68 bits per heavy atom. The van der Waals surface area contributed by atoms with Crippen molar-refractivity contribution >= 4 is 28.7 Å². The van der Waals surface area contributed by atoms with Gasteiger partial charge in [-0.3, -0.25) is 0 Å². The lowest BCUT2D eigenvalue weighted by Crippen LogP contribution is -2.36. The molecule has 2 heteroatoms. The summed E-state index contributed by atoms with van der Waals surface area (Å²) in [6.45, 7) is 3.13. The van der Waals surface area contributed by atoms with Crippen molar-refractivity contribution < 1.29 is 4.57 Å². The van der Waals surface area contributed by atoms with Crippen molar-refractivity contribution in [1.29, 1.82) is 0 Å². The molecule has 3 aromatic rings. The highest BCUT2D eigenvalue weighted by atomic mass is 15.0. The van der Waals surface area contributed by atoms with Gasteiger partial charge in [0, 0.05) is 35.0 Å². The SMILES string of the molecule is CC[n+]1c(C=CC=C2C=Cc3ccccc3N2)ccc2ccccc21. The molecule has 4 rings (SSSR count). The molecule has 0 fully saturated rings. The number of aryl methyl sites for hydroxylation is 1. The van der Waals surface area contributed by atoms with E-state index in [0.29, 0.717) is 0 Å². The summed E-state index contributed by atoms with van der Waals surface area (Å²) < 4.78 is 2.34. The zero-order valence-electron chi connectivity index (χ0n) is 14.3. The van der Waals surface area contributed by atoms with Crippen molar-refractivity contribution in [2.24, 2.45) is 0 Å². The Morgan fingerprint density at radius 1 is 0.920 bits per heavy atom. The number of anilines is 1. The van der Waals surface area contributed by atoms with Gasteiger partial charge in [0.2, 0.25) is 11.2 Å². The molecule has 0 saturated heterocycles. The van der Waals surface area contributed by atoms with E-state index in [1.807, 2.05) is 0 Å². The first-order chi connectivity index (χ1) is 12.3. The van der Waals surface area contributed by atoms with Crippen LogP contribution in [0.2, 0.25) is 0 Å². The van der Waals surface area contributed by atoms with Crippen molar-refractivity contribution in [2.45, 2.75) is 13.5 Å². The molecule has 2 nitrogen and oxygen atoms in total. The Morgan fingerprint density at radius 2 is 1.76 bits per heavy atom. The van der Waals surface area contributed by atoms with Gasteiger partial charge in [0.05, 0.1) is 0 Å². The highest BCUT2D eigenvalue weighted by Crippen LogP contribution is 2.23. The minimum Gasteiger partial charge on any atom is -0.355 e. The molecular weight excluding hydrogens is 304 g/mol. The number of para-hydroxylation sites is 2. The maximum atomic E-state index is 3.46. The summed E-state index contributed by atoms with van der Waals surface area (Å²) in [5.74, 6) is 0. The Balaban J connectivity index is 1.62. The third-order valence-corrected chi connectivity index (χ3v) is 4.51. The van der Waals surface area contributed by atoms with Crippen LogP contribution in [0.3, 0.4) is 0 Å². The fourth-order valence-electron chi connectivity index (χ4n) is 3.26. The van der Waals surface area contributed by atoms with Crippen molar-refractivity contribution in [3.05, 3.63) is 95.8 Å².